The van der Waals surface area contributed by atoms with Crippen molar-refractivity contribution in [1.29, 1.82) is 0 Å². The van der Waals surface area contributed by atoms with E-state index in [1.807, 2.05) is 30.9 Å². The Morgan fingerprint density at radius 1 is 1.36 bits per heavy atom. The Morgan fingerprint density at radius 3 is 2.83 bits per heavy atom. The number of pyridine rings is 1. The zero-order chi connectivity index (χ0) is 25.8. The monoisotopic (exact) mass is 508 g/mol. The summed E-state index contributed by atoms with van der Waals surface area (Å²) in [5.41, 5.74) is 17.4. The number of thioether (sulfide) groups is 1. The average molecular weight is 509 g/mol. The van der Waals surface area contributed by atoms with Gasteiger partial charge in [0.15, 0.2) is 11.6 Å². The lowest BCUT2D eigenvalue weighted by molar-refractivity contribution is 0.226. The third-order valence-electron chi connectivity index (χ3n) is 6.21. The summed E-state index contributed by atoms with van der Waals surface area (Å²) in [4.78, 5) is 8.41. The molecule has 190 valence electrons. The van der Waals surface area contributed by atoms with E-state index < -0.39 is 6.10 Å². The van der Waals surface area contributed by atoms with Gasteiger partial charge in [-0.15, -0.1) is 11.8 Å². The standard InChI is InChI=1S/C27H33FN6OS/c1-16-9-24(26(30)32-12-16)35-17(2)23-11-21(28)7-8-22(23)25(29)19(13-31-3)10-20-15-34(14-18-5-6-18)33-27(20)36-4/h7-9,11-13,15,17-18H,5-6,10,14,29H2,1-4H3,(H2,30,32)/b25-19-,31-13?. The van der Waals surface area contributed by atoms with E-state index in [0.29, 0.717) is 29.0 Å². The average Bonchev–Trinajstić information content (AvgIpc) is 3.58. The molecule has 3 aromatic rings. The first-order valence-corrected chi connectivity index (χ1v) is 13.2. The van der Waals surface area contributed by atoms with Crippen LogP contribution in [0.2, 0.25) is 0 Å². The molecule has 1 aromatic carbocycles. The number of nitrogens with zero attached hydrogens (tertiary/aromatic N) is 4. The lowest BCUT2D eigenvalue weighted by Gasteiger charge is -2.21. The molecule has 1 saturated carbocycles. The molecule has 0 radical (unpaired) electrons. The maximum atomic E-state index is 14.4. The number of aryl methyl sites for hydroxylation is 1. The smallest absolute Gasteiger partial charge is 0.166 e. The highest BCUT2D eigenvalue weighted by Gasteiger charge is 2.23. The van der Waals surface area contributed by atoms with Crippen molar-refractivity contribution in [3.63, 3.8) is 0 Å². The van der Waals surface area contributed by atoms with Crippen LogP contribution >= 0.6 is 11.8 Å². The molecule has 4 rings (SSSR count). The van der Waals surface area contributed by atoms with Crippen LogP contribution in [0.25, 0.3) is 5.70 Å². The Morgan fingerprint density at radius 2 is 2.14 bits per heavy atom. The summed E-state index contributed by atoms with van der Waals surface area (Å²) in [7, 11) is 1.71. The van der Waals surface area contributed by atoms with Gasteiger partial charge in [-0.05, 0) is 74.3 Å². The Labute approximate surface area is 215 Å². The van der Waals surface area contributed by atoms with Crippen molar-refractivity contribution in [3.8, 4) is 5.75 Å². The van der Waals surface area contributed by atoms with Crippen LogP contribution in [0.5, 0.6) is 5.75 Å². The van der Waals surface area contributed by atoms with Gasteiger partial charge in [0.2, 0.25) is 0 Å². The highest BCUT2D eigenvalue weighted by Crippen LogP contribution is 2.33. The van der Waals surface area contributed by atoms with E-state index in [1.54, 1.807) is 37.3 Å². The summed E-state index contributed by atoms with van der Waals surface area (Å²) in [5.74, 6) is 1.08. The van der Waals surface area contributed by atoms with Gasteiger partial charge in [0.1, 0.15) is 16.9 Å². The number of halogens is 1. The van der Waals surface area contributed by atoms with Crippen LogP contribution in [0.15, 0.2) is 52.3 Å². The van der Waals surface area contributed by atoms with Crippen molar-refractivity contribution in [3.05, 3.63) is 70.3 Å². The fourth-order valence-corrected chi connectivity index (χ4v) is 4.73. The summed E-state index contributed by atoms with van der Waals surface area (Å²) in [6.07, 6.45) is 10.1. The van der Waals surface area contributed by atoms with Gasteiger partial charge in [0.25, 0.3) is 0 Å². The fourth-order valence-electron chi connectivity index (χ4n) is 4.16. The molecule has 1 aliphatic rings. The predicted molar refractivity (Wildman–Crippen MR) is 145 cm³/mol. The molecule has 1 unspecified atom stereocenters. The van der Waals surface area contributed by atoms with Crippen LogP contribution in [0, 0.1) is 18.7 Å². The van der Waals surface area contributed by atoms with E-state index in [2.05, 4.69) is 16.2 Å². The minimum Gasteiger partial charge on any atom is -0.482 e. The van der Waals surface area contributed by atoms with Gasteiger partial charge in [0, 0.05) is 61.0 Å². The number of allylic oxidation sites excluding steroid dienone is 1. The van der Waals surface area contributed by atoms with Crippen LogP contribution in [-0.2, 0) is 13.0 Å². The SMILES string of the molecule is CN=C/C(Cc1cn(CC2CC2)nc1SC)=C(\N)c1ccc(F)cc1C(C)Oc1cc(C)cnc1N. The van der Waals surface area contributed by atoms with E-state index in [-0.39, 0.29) is 11.6 Å². The molecule has 1 aliphatic carbocycles. The molecule has 4 N–H and O–H groups in total. The van der Waals surface area contributed by atoms with Gasteiger partial charge in [-0.25, -0.2) is 9.37 Å². The van der Waals surface area contributed by atoms with Crippen molar-refractivity contribution in [1.82, 2.24) is 14.8 Å². The largest absolute Gasteiger partial charge is 0.482 e. The van der Waals surface area contributed by atoms with Crippen molar-refractivity contribution < 1.29 is 9.13 Å². The number of rotatable bonds is 10. The third kappa shape index (κ3) is 6.07. The third-order valence-corrected chi connectivity index (χ3v) is 6.94. The van der Waals surface area contributed by atoms with Crippen molar-refractivity contribution in [2.75, 3.05) is 19.0 Å². The van der Waals surface area contributed by atoms with E-state index in [9.17, 15) is 4.39 Å². The first-order chi connectivity index (χ1) is 17.3. The fraction of sp³-hybridized carbons (Fsp3) is 0.370. The predicted octanol–water partition coefficient (Wildman–Crippen LogP) is 5.19. The van der Waals surface area contributed by atoms with E-state index in [4.69, 9.17) is 21.3 Å². The molecule has 0 bridgehead atoms. The Balaban J connectivity index is 1.69. The number of ether oxygens (including phenoxy) is 1. The maximum absolute atomic E-state index is 14.4. The molecule has 0 amide bonds. The molecule has 2 heterocycles. The first-order valence-electron chi connectivity index (χ1n) is 12.0. The summed E-state index contributed by atoms with van der Waals surface area (Å²) < 4.78 is 22.5. The van der Waals surface area contributed by atoms with Crippen LogP contribution in [-0.4, -0.2) is 34.3 Å². The summed E-state index contributed by atoms with van der Waals surface area (Å²) >= 11 is 1.62. The number of benzene rings is 1. The molecule has 1 atom stereocenters. The Hall–Kier alpha value is -3.33. The molecule has 1 fully saturated rings. The van der Waals surface area contributed by atoms with Gasteiger partial charge in [-0.1, -0.05) is 0 Å². The van der Waals surface area contributed by atoms with E-state index in [0.717, 1.165) is 34.2 Å². The first kappa shape index (κ1) is 25.8. The Kier molecular flexibility index (Phi) is 7.98. The number of hydrogen-bond donors (Lipinski definition) is 2. The molecule has 9 heteroatoms. The summed E-state index contributed by atoms with van der Waals surface area (Å²) in [5, 5.41) is 5.73. The second kappa shape index (κ2) is 11.2. The molecule has 36 heavy (non-hydrogen) atoms. The summed E-state index contributed by atoms with van der Waals surface area (Å²) in [6, 6.07) is 6.36. The van der Waals surface area contributed by atoms with E-state index >= 15 is 0 Å². The topological polar surface area (TPSA) is 104 Å². The highest BCUT2D eigenvalue weighted by atomic mass is 32.2. The minimum atomic E-state index is -0.525. The quantitative estimate of drug-likeness (QED) is 0.288. The zero-order valence-electron chi connectivity index (χ0n) is 21.2. The van der Waals surface area contributed by atoms with Crippen molar-refractivity contribution >= 4 is 29.5 Å². The van der Waals surface area contributed by atoms with Crippen molar-refractivity contribution in [2.24, 2.45) is 16.6 Å². The van der Waals surface area contributed by atoms with Gasteiger partial charge < -0.3 is 16.2 Å². The van der Waals surface area contributed by atoms with Gasteiger partial charge in [-0.2, -0.15) is 5.10 Å². The lowest BCUT2D eigenvalue weighted by atomic mass is 9.96. The molecule has 0 saturated heterocycles. The number of aromatic nitrogens is 3. The number of nitrogen functional groups attached to an aromatic ring is 1. The number of aliphatic imine (C=N–C) groups is 1. The molecule has 0 spiro atoms. The van der Waals surface area contributed by atoms with Gasteiger partial charge >= 0.3 is 0 Å². The summed E-state index contributed by atoms with van der Waals surface area (Å²) in [6.45, 7) is 4.69. The van der Waals surface area contributed by atoms with E-state index in [1.165, 1.54) is 25.0 Å². The van der Waals surface area contributed by atoms with Gasteiger partial charge in [-0.3, -0.25) is 9.67 Å². The molecule has 0 aliphatic heterocycles. The number of hydrogen-bond acceptors (Lipinski definition) is 7. The second-order valence-corrected chi connectivity index (χ2v) is 10.0. The lowest BCUT2D eigenvalue weighted by Crippen LogP contribution is -2.13. The molecule has 2 aromatic heterocycles. The van der Waals surface area contributed by atoms with Crippen LogP contribution < -0.4 is 16.2 Å². The molecule has 7 nitrogen and oxygen atoms in total. The number of anilines is 1. The van der Waals surface area contributed by atoms with Crippen LogP contribution in [0.1, 0.15) is 48.1 Å². The maximum Gasteiger partial charge on any atom is 0.166 e. The zero-order valence-corrected chi connectivity index (χ0v) is 22.0. The second-order valence-electron chi connectivity index (χ2n) is 9.22. The van der Waals surface area contributed by atoms with Crippen LogP contribution in [0.4, 0.5) is 10.2 Å². The Bertz CT molecular complexity index is 1300. The molecular formula is C27H33FN6OS. The van der Waals surface area contributed by atoms with Crippen LogP contribution in [0.3, 0.4) is 0 Å². The normalized spacial score (nSPS) is 15.2. The minimum absolute atomic E-state index is 0.278. The van der Waals surface area contributed by atoms with Gasteiger partial charge in [0.05, 0.1) is 0 Å². The van der Waals surface area contributed by atoms with Crippen molar-refractivity contribution in [2.45, 2.75) is 50.8 Å². The molecular weight excluding hydrogens is 475 g/mol. The highest BCUT2D eigenvalue weighted by molar-refractivity contribution is 7.98. The number of nitrogens with two attached hydrogens (primary N) is 2.